The quantitative estimate of drug-likeness (QED) is 0.701. The molecule has 0 spiro atoms. The maximum Gasteiger partial charge on any atom is 0.0975 e. The molecule has 96 valence electrons. The second-order valence-corrected chi connectivity index (χ2v) is 5.30. The maximum absolute atomic E-state index is 9.99. The molecule has 1 aliphatic carbocycles. The van der Waals surface area contributed by atoms with Gasteiger partial charge in [-0.3, -0.25) is 0 Å². The summed E-state index contributed by atoms with van der Waals surface area (Å²) in [5.41, 5.74) is -0.731. The van der Waals surface area contributed by atoms with Gasteiger partial charge in [0.05, 0.1) is 12.2 Å². The lowest BCUT2D eigenvalue weighted by Gasteiger charge is -2.26. The summed E-state index contributed by atoms with van der Waals surface area (Å²) in [5.74, 6) is 0.726. The number of aliphatic hydroxyl groups is 1. The van der Waals surface area contributed by atoms with Crippen LogP contribution in [0.2, 0.25) is 0 Å². The zero-order valence-electron chi connectivity index (χ0n) is 10.8. The fourth-order valence-electron chi connectivity index (χ4n) is 2.24. The smallest absolute Gasteiger partial charge is 0.0975 e. The van der Waals surface area contributed by atoms with E-state index in [0.717, 1.165) is 19.1 Å². The Balaban J connectivity index is 2.08. The van der Waals surface area contributed by atoms with Crippen molar-refractivity contribution in [3.8, 4) is 0 Å². The molecule has 1 rings (SSSR count). The molecule has 3 heteroatoms. The minimum atomic E-state index is -0.731. The highest BCUT2D eigenvalue weighted by molar-refractivity contribution is 4.75. The van der Waals surface area contributed by atoms with Gasteiger partial charge in [0.1, 0.15) is 0 Å². The predicted molar refractivity (Wildman–Crippen MR) is 66.6 cm³/mol. The van der Waals surface area contributed by atoms with Crippen molar-refractivity contribution in [1.29, 1.82) is 0 Å². The SMILES string of the molecule is CCNCC(C)(O)COCC1CCCCC1. The van der Waals surface area contributed by atoms with Crippen molar-refractivity contribution in [2.24, 2.45) is 5.92 Å². The largest absolute Gasteiger partial charge is 0.386 e. The Morgan fingerprint density at radius 3 is 2.62 bits per heavy atom. The minimum Gasteiger partial charge on any atom is -0.386 e. The second kappa shape index (κ2) is 7.25. The van der Waals surface area contributed by atoms with Gasteiger partial charge in [0.25, 0.3) is 0 Å². The normalized spacial score (nSPS) is 21.9. The van der Waals surface area contributed by atoms with Crippen LogP contribution >= 0.6 is 0 Å². The first-order valence-electron chi connectivity index (χ1n) is 6.65. The molecule has 0 radical (unpaired) electrons. The van der Waals surface area contributed by atoms with Crippen LogP contribution in [0.3, 0.4) is 0 Å². The van der Waals surface area contributed by atoms with Crippen molar-refractivity contribution in [3.63, 3.8) is 0 Å². The third-order valence-corrected chi connectivity index (χ3v) is 3.25. The highest BCUT2D eigenvalue weighted by Gasteiger charge is 2.21. The summed E-state index contributed by atoms with van der Waals surface area (Å²) in [4.78, 5) is 0. The molecule has 0 bridgehead atoms. The molecular formula is C13H27NO2. The summed E-state index contributed by atoms with van der Waals surface area (Å²) in [6, 6.07) is 0. The number of rotatable bonds is 7. The van der Waals surface area contributed by atoms with Crippen LogP contribution in [0.15, 0.2) is 0 Å². The summed E-state index contributed by atoms with van der Waals surface area (Å²) < 4.78 is 5.64. The van der Waals surface area contributed by atoms with E-state index in [0.29, 0.717) is 13.2 Å². The highest BCUT2D eigenvalue weighted by atomic mass is 16.5. The monoisotopic (exact) mass is 229 g/mol. The van der Waals surface area contributed by atoms with Crippen molar-refractivity contribution < 1.29 is 9.84 Å². The van der Waals surface area contributed by atoms with E-state index in [9.17, 15) is 5.11 Å². The van der Waals surface area contributed by atoms with Gasteiger partial charge in [0, 0.05) is 13.2 Å². The van der Waals surface area contributed by atoms with Crippen LogP contribution in [-0.4, -0.2) is 37.0 Å². The molecule has 0 aromatic carbocycles. The third-order valence-electron chi connectivity index (χ3n) is 3.25. The molecule has 0 saturated heterocycles. The molecule has 2 N–H and O–H groups in total. The molecule has 0 aromatic rings. The Bertz CT molecular complexity index is 177. The lowest BCUT2D eigenvalue weighted by atomic mass is 9.90. The van der Waals surface area contributed by atoms with Crippen LogP contribution in [0.5, 0.6) is 0 Å². The maximum atomic E-state index is 9.99. The van der Waals surface area contributed by atoms with Crippen molar-refractivity contribution in [2.45, 2.75) is 51.6 Å². The first-order valence-corrected chi connectivity index (χ1v) is 6.65. The van der Waals surface area contributed by atoms with Gasteiger partial charge in [0.15, 0.2) is 0 Å². The lowest BCUT2D eigenvalue weighted by molar-refractivity contribution is -0.0433. The highest BCUT2D eigenvalue weighted by Crippen LogP contribution is 2.23. The van der Waals surface area contributed by atoms with Gasteiger partial charge in [-0.1, -0.05) is 26.2 Å². The van der Waals surface area contributed by atoms with Gasteiger partial charge in [0.2, 0.25) is 0 Å². The first kappa shape index (κ1) is 13.9. The third kappa shape index (κ3) is 5.83. The fourth-order valence-corrected chi connectivity index (χ4v) is 2.24. The summed E-state index contributed by atoms with van der Waals surface area (Å²) in [7, 11) is 0. The van der Waals surface area contributed by atoms with Gasteiger partial charge in [-0.05, 0) is 32.2 Å². The van der Waals surface area contributed by atoms with Crippen molar-refractivity contribution in [1.82, 2.24) is 5.32 Å². The Morgan fingerprint density at radius 1 is 1.31 bits per heavy atom. The average molecular weight is 229 g/mol. The lowest BCUT2D eigenvalue weighted by Crippen LogP contribution is -2.42. The number of ether oxygens (including phenoxy) is 1. The molecule has 1 atom stereocenters. The molecule has 0 aromatic heterocycles. The summed E-state index contributed by atoms with van der Waals surface area (Å²) in [6.45, 7) is 6.63. The van der Waals surface area contributed by atoms with E-state index >= 15 is 0 Å². The van der Waals surface area contributed by atoms with Crippen LogP contribution in [0, 0.1) is 5.92 Å². The van der Waals surface area contributed by atoms with Gasteiger partial charge < -0.3 is 15.2 Å². The number of nitrogens with one attached hydrogen (secondary N) is 1. The Kier molecular flexibility index (Phi) is 6.32. The Morgan fingerprint density at radius 2 is 2.00 bits per heavy atom. The summed E-state index contributed by atoms with van der Waals surface area (Å²) >= 11 is 0. The van der Waals surface area contributed by atoms with Gasteiger partial charge in [-0.25, -0.2) is 0 Å². The van der Waals surface area contributed by atoms with Crippen LogP contribution in [-0.2, 0) is 4.74 Å². The van der Waals surface area contributed by atoms with E-state index in [2.05, 4.69) is 5.32 Å². The van der Waals surface area contributed by atoms with Crippen LogP contribution in [0.4, 0.5) is 0 Å². The molecule has 1 aliphatic rings. The minimum absolute atomic E-state index is 0.441. The zero-order chi connectivity index (χ0) is 11.9. The Hall–Kier alpha value is -0.120. The van der Waals surface area contributed by atoms with E-state index in [4.69, 9.17) is 4.74 Å². The van der Waals surface area contributed by atoms with Crippen LogP contribution < -0.4 is 5.32 Å². The number of hydrogen-bond donors (Lipinski definition) is 2. The number of hydrogen-bond acceptors (Lipinski definition) is 3. The fraction of sp³-hybridized carbons (Fsp3) is 1.00. The average Bonchev–Trinajstić information content (AvgIpc) is 2.28. The molecule has 0 heterocycles. The molecule has 1 fully saturated rings. The van der Waals surface area contributed by atoms with Gasteiger partial charge in [-0.2, -0.15) is 0 Å². The first-order chi connectivity index (χ1) is 7.64. The standard InChI is InChI=1S/C13H27NO2/c1-3-14-10-13(2,15)11-16-9-12-7-5-4-6-8-12/h12,14-15H,3-11H2,1-2H3. The summed E-state index contributed by atoms with van der Waals surface area (Å²) in [6.07, 6.45) is 6.68. The van der Waals surface area contributed by atoms with Crippen LogP contribution in [0.1, 0.15) is 46.0 Å². The van der Waals surface area contributed by atoms with E-state index < -0.39 is 5.60 Å². The molecule has 1 unspecified atom stereocenters. The summed E-state index contributed by atoms with van der Waals surface area (Å²) in [5, 5.41) is 13.1. The zero-order valence-corrected chi connectivity index (χ0v) is 10.8. The van der Waals surface area contributed by atoms with Crippen molar-refractivity contribution in [2.75, 3.05) is 26.3 Å². The van der Waals surface area contributed by atoms with Gasteiger partial charge >= 0.3 is 0 Å². The Labute approximate surface area is 99.6 Å². The van der Waals surface area contributed by atoms with E-state index in [1.165, 1.54) is 32.1 Å². The molecular weight excluding hydrogens is 202 g/mol. The topological polar surface area (TPSA) is 41.5 Å². The van der Waals surface area contributed by atoms with Crippen molar-refractivity contribution in [3.05, 3.63) is 0 Å². The molecule has 3 nitrogen and oxygen atoms in total. The number of likely N-dealkylation sites (N-methyl/N-ethyl adjacent to an activating group) is 1. The van der Waals surface area contributed by atoms with E-state index in [1.807, 2.05) is 13.8 Å². The predicted octanol–water partition coefficient (Wildman–Crippen LogP) is 1.94. The second-order valence-electron chi connectivity index (χ2n) is 5.30. The molecule has 16 heavy (non-hydrogen) atoms. The van der Waals surface area contributed by atoms with E-state index in [-0.39, 0.29) is 0 Å². The molecule has 1 saturated carbocycles. The van der Waals surface area contributed by atoms with E-state index in [1.54, 1.807) is 0 Å². The van der Waals surface area contributed by atoms with Crippen LogP contribution in [0.25, 0.3) is 0 Å². The van der Waals surface area contributed by atoms with Crippen molar-refractivity contribution >= 4 is 0 Å². The van der Waals surface area contributed by atoms with Gasteiger partial charge in [-0.15, -0.1) is 0 Å². The molecule has 0 amide bonds. The molecule has 0 aliphatic heterocycles.